The van der Waals surface area contributed by atoms with Gasteiger partial charge in [0.05, 0.1) is 6.61 Å². The van der Waals surface area contributed by atoms with Crippen LogP contribution in [0.15, 0.2) is 0 Å². The van der Waals surface area contributed by atoms with Crippen LogP contribution >= 0.6 is 0 Å². The predicted molar refractivity (Wildman–Crippen MR) is 73.3 cm³/mol. The van der Waals surface area contributed by atoms with Gasteiger partial charge in [0.2, 0.25) is 5.91 Å². The molecular formula is C14H28N2O2. The van der Waals surface area contributed by atoms with Crippen molar-refractivity contribution >= 4 is 5.91 Å². The molecule has 1 aliphatic heterocycles. The zero-order valence-corrected chi connectivity index (χ0v) is 12.3. The SMILES string of the molecule is CC(CC(=O)N1CCN(CCO)CC1)C(C)(C)C. The van der Waals surface area contributed by atoms with Crippen molar-refractivity contribution in [2.75, 3.05) is 39.3 Å². The minimum absolute atomic E-state index is 0.189. The van der Waals surface area contributed by atoms with E-state index in [4.69, 9.17) is 5.11 Å². The van der Waals surface area contributed by atoms with Crippen LogP contribution < -0.4 is 0 Å². The third-order valence-corrected chi connectivity index (χ3v) is 4.10. The van der Waals surface area contributed by atoms with Crippen LogP contribution in [-0.2, 0) is 4.79 Å². The fourth-order valence-electron chi connectivity index (χ4n) is 2.06. The Balaban J connectivity index is 2.36. The van der Waals surface area contributed by atoms with E-state index in [2.05, 4.69) is 32.6 Å². The topological polar surface area (TPSA) is 43.8 Å². The van der Waals surface area contributed by atoms with E-state index in [-0.39, 0.29) is 17.9 Å². The van der Waals surface area contributed by atoms with E-state index in [1.165, 1.54) is 0 Å². The molecule has 0 bridgehead atoms. The van der Waals surface area contributed by atoms with E-state index in [1.54, 1.807) is 0 Å². The summed E-state index contributed by atoms with van der Waals surface area (Å²) < 4.78 is 0. The van der Waals surface area contributed by atoms with Gasteiger partial charge in [-0.25, -0.2) is 0 Å². The molecule has 0 saturated carbocycles. The minimum Gasteiger partial charge on any atom is -0.395 e. The standard InChI is InChI=1S/C14H28N2O2/c1-12(14(2,3)4)11-13(18)16-7-5-15(6-8-16)9-10-17/h12,17H,5-11H2,1-4H3. The van der Waals surface area contributed by atoms with E-state index >= 15 is 0 Å². The third-order valence-electron chi connectivity index (χ3n) is 4.10. The molecule has 1 heterocycles. The summed E-state index contributed by atoms with van der Waals surface area (Å²) >= 11 is 0. The minimum atomic E-state index is 0.189. The number of aliphatic hydroxyl groups is 1. The number of carbonyl (C=O) groups is 1. The van der Waals surface area contributed by atoms with Crippen LogP contribution in [-0.4, -0.2) is 60.1 Å². The number of piperazine rings is 1. The summed E-state index contributed by atoms with van der Waals surface area (Å²) in [6.45, 7) is 13.0. The first-order valence-corrected chi connectivity index (χ1v) is 6.95. The second-order valence-electron chi connectivity index (χ2n) is 6.42. The Kier molecular flexibility index (Phi) is 5.60. The second-order valence-corrected chi connectivity index (χ2v) is 6.42. The maximum Gasteiger partial charge on any atom is 0.222 e. The molecule has 1 saturated heterocycles. The van der Waals surface area contributed by atoms with E-state index in [0.717, 1.165) is 32.7 Å². The number of nitrogens with zero attached hydrogens (tertiary/aromatic N) is 2. The Morgan fingerprint density at radius 1 is 1.22 bits per heavy atom. The van der Waals surface area contributed by atoms with Crippen molar-refractivity contribution < 1.29 is 9.90 Å². The summed E-state index contributed by atoms with van der Waals surface area (Å²) in [5.41, 5.74) is 0.189. The van der Waals surface area contributed by atoms with Crippen molar-refractivity contribution in [1.82, 2.24) is 9.80 Å². The number of hydrogen-bond donors (Lipinski definition) is 1. The first-order valence-electron chi connectivity index (χ1n) is 6.95. The quantitative estimate of drug-likeness (QED) is 0.822. The van der Waals surface area contributed by atoms with Gasteiger partial charge >= 0.3 is 0 Å². The fourth-order valence-corrected chi connectivity index (χ4v) is 2.06. The maximum atomic E-state index is 12.2. The van der Waals surface area contributed by atoms with Crippen molar-refractivity contribution in [2.24, 2.45) is 11.3 Å². The molecule has 1 atom stereocenters. The van der Waals surface area contributed by atoms with E-state index in [0.29, 0.717) is 12.3 Å². The monoisotopic (exact) mass is 256 g/mol. The Bertz CT molecular complexity index is 265. The highest BCUT2D eigenvalue weighted by Crippen LogP contribution is 2.28. The van der Waals surface area contributed by atoms with Gasteiger partial charge in [-0.05, 0) is 11.3 Å². The van der Waals surface area contributed by atoms with Crippen LogP contribution in [0.2, 0.25) is 0 Å². The van der Waals surface area contributed by atoms with Crippen molar-refractivity contribution in [3.63, 3.8) is 0 Å². The molecule has 4 heteroatoms. The van der Waals surface area contributed by atoms with Gasteiger partial charge in [-0.2, -0.15) is 0 Å². The summed E-state index contributed by atoms with van der Waals surface area (Å²) in [5, 5.41) is 8.88. The lowest BCUT2D eigenvalue weighted by Crippen LogP contribution is -2.49. The van der Waals surface area contributed by atoms with Crippen molar-refractivity contribution in [3.05, 3.63) is 0 Å². The summed E-state index contributed by atoms with van der Waals surface area (Å²) in [6.07, 6.45) is 0.642. The van der Waals surface area contributed by atoms with Gasteiger partial charge in [-0.1, -0.05) is 27.7 Å². The normalized spacial score (nSPS) is 19.9. The lowest BCUT2D eigenvalue weighted by molar-refractivity contribution is -0.134. The number of β-amino-alcohol motifs (C(OH)–C–C–N with tert-alkyl or cyclic N) is 1. The highest BCUT2D eigenvalue weighted by Gasteiger charge is 2.26. The van der Waals surface area contributed by atoms with Crippen LogP contribution in [0.3, 0.4) is 0 Å². The molecule has 1 aliphatic rings. The first kappa shape index (κ1) is 15.4. The highest BCUT2D eigenvalue weighted by molar-refractivity contribution is 5.76. The van der Waals surface area contributed by atoms with Gasteiger partial charge in [0.25, 0.3) is 0 Å². The van der Waals surface area contributed by atoms with Gasteiger partial charge in [0, 0.05) is 39.1 Å². The molecule has 0 aliphatic carbocycles. The van der Waals surface area contributed by atoms with Crippen LogP contribution in [0.25, 0.3) is 0 Å². The first-order chi connectivity index (χ1) is 8.34. The average Bonchev–Trinajstić information content (AvgIpc) is 2.29. The molecule has 0 radical (unpaired) electrons. The second kappa shape index (κ2) is 6.53. The molecule has 106 valence electrons. The van der Waals surface area contributed by atoms with E-state index in [9.17, 15) is 4.79 Å². The van der Waals surface area contributed by atoms with Crippen LogP contribution in [0.1, 0.15) is 34.1 Å². The molecular weight excluding hydrogens is 228 g/mol. The molecule has 1 rings (SSSR count). The molecule has 0 spiro atoms. The molecule has 1 amide bonds. The number of hydrogen-bond acceptors (Lipinski definition) is 3. The number of rotatable bonds is 4. The van der Waals surface area contributed by atoms with Gasteiger partial charge in [-0.15, -0.1) is 0 Å². The van der Waals surface area contributed by atoms with Gasteiger partial charge < -0.3 is 10.0 Å². The molecule has 0 aromatic heterocycles. The van der Waals surface area contributed by atoms with Crippen molar-refractivity contribution in [1.29, 1.82) is 0 Å². The zero-order chi connectivity index (χ0) is 13.8. The summed E-state index contributed by atoms with van der Waals surface area (Å²) in [6, 6.07) is 0. The molecule has 1 N–H and O–H groups in total. The largest absolute Gasteiger partial charge is 0.395 e. The van der Waals surface area contributed by atoms with Gasteiger partial charge in [0.1, 0.15) is 0 Å². The average molecular weight is 256 g/mol. The van der Waals surface area contributed by atoms with Crippen molar-refractivity contribution in [3.8, 4) is 0 Å². The van der Waals surface area contributed by atoms with Crippen LogP contribution in [0.4, 0.5) is 0 Å². The number of aliphatic hydroxyl groups excluding tert-OH is 1. The lowest BCUT2D eigenvalue weighted by Gasteiger charge is -2.36. The van der Waals surface area contributed by atoms with Crippen LogP contribution in [0.5, 0.6) is 0 Å². The molecule has 1 unspecified atom stereocenters. The van der Waals surface area contributed by atoms with Gasteiger partial charge in [0.15, 0.2) is 0 Å². The predicted octanol–water partition coefficient (Wildman–Crippen LogP) is 1.20. The summed E-state index contributed by atoms with van der Waals surface area (Å²) in [7, 11) is 0. The summed E-state index contributed by atoms with van der Waals surface area (Å²) in [5.74, 6) is 0.682. The Morgan fingerprint density at radius 3 is 2.22 bits per heavy atom. The summed E-state index contributed by atoms with van der Waals surface area (Å²) in [4.78, 5) is 16.4. The number of amides is 1. The molecule has 1 fully saturated rings. The van der Waals surface area contributed by atoms with Crippen molar-refractivity contribution in [2.45, 2.75) is 34.1 Å². The Morgan fingerprint density at radius 2 is 1.78 bits per heavy atom. The maximum absolute atomic E-state index is 12.2. The third kappa shape index (κ3) is 4.58. The smallest absolute Gasteiger partial charge is 0.222 e. The van der Waals surface area contributed by atoms with E-state index in [1.807, 2.05) is 4.90 Å². The fraction of sp³-hybridized carbons (Fsp3) is 0.929. The highest BCUT2D eigenvalue weighted by atomic mass is 16.3. The van der Waals surface area contributed by atoms with Crippen LogP contribution in [0, 0.1) is 11.3 Å². The van der Waals surface area contributed by atoms with Gasteiger partial charge in [-0.3, -0.25) is 9.69 Å². The molecule has 0 aromatic carbocycles. The molecule has 0 aromatic rings. The van der Waals surface area contributed by atoms with E-state index < -0.39 is 0 Å². The molecule has 18 heavy (non-hydrogen) atoms. The Labute approximate surface area is 111 Å². The lowest BCUT2D eigenvalue weighted by atomic mass is 9.80. The zero-order valence-electron chi connectivity index (χ0n) is 12.3. The molecule has 4 nitrogen and oxygen atoms in total. The number of carbonyl (C=O) groups excluding carboxylic acids is 1. The Hall–Kier alpha value is -0.610.